The van der Waals surface area contributed by atoms with E-state index in [1.807, 2.05) is 56.3 Å². The van der Waals surface area contributed by atoms with Crippen molar-refractivity contribution in [3.63, 3.8) is 0 Å². The van der Waals surface area contributed by atoms with Gasteiger partial charge in [0.15, 0.2) is 0 Å². The maximum Gasteiger partial charge on any atom is 0.267 e. The van der Waals surface area contributed by atoms with Crippen LogP contribution < -0.4 is 10.9 Å². The smallest absolute Gasteiger partial charge is 0.267 e. The summed E-state index contributed by atoms with van der Waals surface area (Å²) in [7, 11) is 0. The average Bonchev–Trinajstić information content (AvgIpc) is 2.61. The Morgan fingerprint density at radius 2 is 1.84 bits per heavy atom. The van der Waals surface area contributed by atoms with Crippen LogP contribution in [0.2, 0.25) is 0 Å². The molecule has 0 fully saturated rings. The first-order valence-corrected chi connectivity index (χ1v) is 8.37. The number of carbonyl (C=O) groups excluding carboxylic acids is 1. The second kappa shape index (κ2) is 7.30. The Hall–Kier alpha value is -2.95. The summed E-state index contributed by atoms with van der Waals surface area (Å²) < 4.78 is 1.21. The molecule has 0 spiro atoms. The van der Waals surface area contributed by atoms with Crippen LogP contribution in [0.4, 0.5) is 0 Å². The van der Waals surface area contributed by atoms with E-state index in [0.29, 0.717) is 18.2 Å². The van der Waals surface area contributed by atoms with Crippen molar-refractivity contribution in [2.75, 3.05) is 6.54 Å². The van der Waals surface area contributed by atoms with E-state index >= 15 is 0 Å². The second-order valence-electron chi connectivity index (χ2n) is 6.47. The van der Waals surface area contributed by atoms with E-state index in [1.54, 1.807) is 6.07 Å². The minimum Gasteiger partial charge on any atom is -0.354 e. The van der Waals surface area contributed by atoms with Gasteiger partial charge in [0.05, 0.1) is 5.69 Å². The van der Waals surface area contributed by atoms with Gasteiger partial charge >= 0.3 is 0 Å². The highest BCUT2D eigenvalue weighted by molar-refractivity contribution is 5.86. The predicted octanol–water partition coefficient (Wildman–Crippen LogP) is 2.84. The molecule has 1 heterocycles. The molecule has 0 aliphatic rings. The van der Waals surface area contributed by atoms with Crippen LogP contribution >= 0.6 is 0 Å². The molecule has 0 bridgehead atoms. The molecule has 5 nitrogen and oxygen atoms in total. The molecule has 0 saturated heterocycles. The van der Waals surface area contributed by atoms with Crippen LogP contribution in [-0.2, 0) is 11.3 Å². The van der Waals surface area contributed by atoms with Crippen LogP contribution in [0.15, 0.2) is 59.4 Å². The van der Waals surface area contributed by atoms with Gasteiger partial charge in [-0.25, -0.2) is 4.68 Å². The van der Waals surface area contributed by atoms with Crippen molar-refractivity contribution < 1.29 is 4.79 Å². The lowest BCUT2D eigenvalue weighted by Crippen LogP contribution is -2.35. The highest BCUT2D eigenvalue weighted by atomic mass is 16.2. The summed E-state index contributed by atoms with van der Waals surface area (Å²) in [5.41, 5.74) is 1.29. The first-order chi connectivity index (χ1) is 12.0. The van der Waals surface area contributed by atoms with Crippen LogP contribution in [-0.4, -0.2) is 22.2 Å². The molecule has 3 rings (SSSR count). The number of nitrogens with zero attached hydrogens (tertiary/aromatic N) is 2. The topological polar surface area (TPSA) is 64.0 Å². The number of hydrogen-bond donors (Lipinski definition) is 1. The summed E-state index contributed by atoms with van der Waals surface area (Å²) in [5.74, 6) is 0.150. The van der Waals surface area contributed by atoms with Crippen molar-refractivity contribution in [1.82, 2.24) is 15.1 Å². The number of hydrogen-bond acceptors (Lipinski definition) is 3. The minimum absolute atomic E-state index is 0.0764. The molecule has 1 amide bonds. The maximum atomic E-state index is 12.0. The Bertz CT molecular complexity index is 960. The van der Waals surface area contributed by atoms with E-state index in [1.165, 1.54) is 10.7 Å². The van der Waals surface area contributed by atoms with Gasteiger partial charge in [-0.05, 0) is 28.8 Å². The summed E-state index contributed by atoms with van der Waals surface area (Å²) in [6, 6.07) is 17.2. The third-order valence-corrected chi connectivity index (χ3v) is 3.91. The van der Waals surface area contributed by atoms with Gasteiger partial charge in [-0.1, -0.05) is 50.2 Å². The molecule has 0 radical (unpaired) electrons. The van der Waals surface area contributed by atoms with Crippen molar-refractivity contribution >= 4 is 16.7 Å². The Balaban J connectivity index is 1.87. The van der Waals surface area contributed by atoms with Gasteiger partial charge in [0.25, 0.3) is 5.56 Å². The zero-order valence-electron chi connectivity index (χ0n) is 14.4. The minimum atomic E-state index is -0.288. The van der Waals surface area contributed by atoms with Gasteiger partial charge in [-0.15, -0.1) is 0 Å². The number of benzene rings is 2. The molecule has 5 heteroatoms. The van der Waals surface area contributed by atoms with Crippen LogP contribution in [0, 0.1) is 5.92 Å². The number of aromatic nitrogens is 2. The van der Waals surface area contributed by atoms with Crippen molar-refractivity contribution in [1.29, 1.82) is 0 Å². The standard InChI is InChI=1S/C20H21N3O2/c1-14(2)12-21-19(24)13-23-20(25)10-9-18(22-23)17-8-7-15-5-3-4-6-16(15)11-17/h3-11,14H,12-13H2,1-2H3,(H,21,24). The molecule has 0 atom stereocenters. The van der Waals surface area contributed by atoms with Crippen molar-refractivity contribution in [3.8, 4) is 11.3 Å². The lowest BCUT2D eigenvalue weighted by Gasteiger charge is -2.10. The van der Waals surface area contributed by atoms with Gasteiger partial charge < -0.3 is 5.32 Å². The van der Waals surface area contributed by atoms with E-state index in [-0.39, 0.29) is 18.0 Å². The summed E-state index contributed by atoms with van der Waals surface area (Å²) in [5, 5.41) is 9.41. The van der Waals surface area contributed by atoms with Crippen molar-refractivity contribution in [2.24, 2.45) is 5.92 Å². The number of nitrogens with one attached hydrogen (secondary N) is 1. The summed E-state index contributed by atoms with van der Waals surface area (Å²) in [4.78, 5) is 24.0. The molecule has 0 aliphatic carbocycles. The Labute approximate surface area is 146 Å². The number of carbonyl (C=O) groups is 1. The van der Waals surface area contributed by atoms with Crippen LogP contribution in [0.3, 0.4) is 0 Å². The largest absolute Gasteiger partial charge is 0.354 e. The summed E-state index contributed by atoms with van der Waals surface area (Å²) >= 11 is 0. The van der Waals surface area contributed by atoms with E-state index < -0.39 is 0 Å². The van der Waals surface area contributed by atoms with Gasteiger partial charge in [-0.3, -0.25) is 9.59 Å². The normalized spacial score (nSPS) is 11.0. The maximum absolute atomic E-state index is 12.0. The highest BCUT2D eigenvalue weighted by Gasteiger charge is 2.09. The van der Waals surface area contributed by atoms with Crippen LogP contribution in [0.25, 0.3) is 22.0 Å². The average molecular weight is 335 g/mol. The molecule has 0 saturated carbocycles. The molecular weight excluding hydrogens is 314 g/mol. The van der Waals surface area contributed by atoms with E-state index in [9.17, 15) is 9.59 Å². The number of fused-ring (bicyclic) bond motifs is 1. The molecule has 3 aromatic rings. The van der Waals surface area contributed by atoms with Gasteiger partial charge in [0.1, 0.15) is 6.54 Å². The van der Waals surface area contributed by atoms with Crippen LogP contribution in [0.1, 0.15) is 13.8 Å². The fourth-order valence-electron chi connectivity index (χ4n) is 2.57. The molecule has 2 aromatic carbocycles. The van der Waals surface area contributed by atoms with Crippen LogP contribution in [0.5, 0.6) is 0 Å². The molecule has 0 aliphatic heterocycles. The predicted molar refractivity (Wildman–Crippen MR) is 99.3 cm³/mol. The highest BCUT2D eigenvalue weighted by Crippen LogP contribution is 2.22. The SMILES string of the molecule is CC(C)CNC(=O)Cn1nc(-c2ccc3ccccc3c2)ccc1=O. The molecule has 1 aromatic heterocycles. The van der Waals surface area contributed by atoms with E-state index in [0.717, 1.165) is 16.3 Å². The third kappa shape index (κ3) is 4.12. The monoisotopic (exact) mass is 335 g/mol. The zero-order valence-corrected chi connectivity index (χ0v) is 14.4. The van der Waals surface area contributed by atoms with Crippen molar-refractivity contribution in [2.45, 2.75) is 20.4 Å². The first kappa shape index (κ1) is 16.9. The quantitative estimate of drug-likeness (QED) is 0.780. The number of amides is 1. The lowest BCUT2D eigenvalue weighted by molar-refractivity contribution is -0.122. The fourth-order valence-corrected chi connectivity index (χ4v) is 2.57. The fraction of sp³-hybridized carbons (Fsp3) is 0.250. The Morgan fingerprint density at radius 1 is 1.08 bits per heavy atom. The lowest BCUT2D eigenvalue weighted by atomic mass is 10.1. The third-order valence-electron chi connectivity index (χ3n) is 3.91. The van der Waals surface area contributed by atoms with Gasteiger partial charge in [-0.2, -0.15) is 5.10 Å². The molecule has 0 unspecified atom stereocenters. The Morgan fingerprint density at radius 3 is 2.60 bits per heavy atom. The Kier molecular flexibility index (Phi) is 4.93. The van der Waals surface area contributed by atoms with E-state index in [2.05, 4.69) is 10.4 Å². The summed E-state index contributed by atoms with van der Waals surface area (Å²) in [6.07, 6.45) is 0. The second-order valence-corrected chi connectivity index (χ2v) is 6.47. The number of rotatable bonds is 5. The summed E-state index contributed by atoms with van der Waals surface area (Å²) in [6.45, 7) is 4.54. The molecular formula is C20H21N3O2. The molecule has 128 valence electrons. The van der Waals surface area contributed by atoms with Crippen molar-refractivity contribution in [3.05, 3.63) is 65.0 Å². The van der Waals surface area contributed by atoms with Gasteiger partial charge in [0, 0.05) is 18.2 Å². The molecule has 1 N–H and O–H groups in total. The van der Waals surface area contributed by atoms with Gasteiger partial charge in [0.2, 0.25) is 5.91 Å². The zero-order chi connectivity index (χ0) is 17.8. The van der Waals surface area contributed by atoms with E-state index in [4.69, 9.17) is 0 Å². The first-order valence-electron chi connectivity index (χ1n) is 8.37. The molecule has 25 heavy (non-hydrogen) atoms.